The number of sulfonamides is 1. The minimum absolute atomic E-state index is 0.173. The molecule has 0 saturated heterocycles. The topological polar surface area (TPSA) is 101 Å². The van der Waals surface area contributed by atoms with Crippen LogP contribution in [-0.2, 0) is 10.0 Å². The maximum atomic E-state index is 15.1. The summed E-state index contributed by atoms with van der Waals surface area (Å²) in [7, 11) is -4.19. The zero-order chi connectivity index (χ0) is 24.4. The molecule has 5 aromatic rings. The van der Waals surface area contributed by atoms with Crippen LogP contribution in [-0.4, -0.2) is 28.6 Å². The van der Waals surface area contributed by atoms with E-state index in [4.69, 9.17) is 0 Å². The van der Waals surface area contributed by atoms with Crippen molar-refractivity contribution < 1.29 is 17.2 Å². The average Bonchev–Trinajstić information content (AvgIpc) is 3.34. The summed E-state index contributed by atoms with van der Waals surface area (Å²) >= 11 is 0. The fraction of sp³-hybridized carbons (Fsp3) is 0. The van der Waals surface area contributed by atoms with Gasteiger partial charge < -0.3 is 0 Å². The van der Waals surface area contributed by atoms with Crippen LogP contribution in [0.2, 0.25) is 0 Å². The molecule has 5 rings (SSSR count). The van der Waals surface area contributed by atoms with Gasteiger partial charge in [0.15, 0.2) is 11.5 Å². The number of nitrogens with one attached hydrogen (secondary N) is 2. The molecule has 0 atom stereocenters. The lowest BCUT2D eigenvalue weighted by Crippen LogP contribution is -2.15. The second-order valence-corrected chi connectivity index (χ2v) is 9.10. The Morgan fingerprint density at radius 2 is 1.71 bits per heavy atom. The molecule has 0 spiro atoms. The van der Waals surface area contributed by atoms with Crippen LogP contribution < -0.4 is 4.72 Å². The summed E-state index contributed by atoms with van der Waals surface area (Å²) in [6.07, 6.45) is 4.15. The van der Waals surface area contributed by atoms with Crippen LogP contribution in [0, 0.1) is 23.5 Å². The Balaban J connectivity index is 1.42. The monoisotopic (exact) mass is 487 g/mol. The lowest BCUT2D eigenvalue weighted by atomic mass is 10.1. The molecule has 0 aliphatic heterocycles. The van der Waals surface area contributed by atoms with E-state index in [1.165, 1.54) is 18.5 Å². The maximum Gasteiger partial charge on any atom is 0.263 e. The minimum Gasteiger partial charge on any atom is -0.277 e. The van der Waals surface area contributed by atoms with Gasteiger partial charge in [-0.05, 0) is 30.3 Å². The molecule has 10 heteroatoms. The second kappa shape index (κ2) is 8.96. The van der Waals surface area contributed by atoms with Crippen LogP contribution in [0.1, 0.15) is 11.1 Å². The molecule has 7 nitrogen and oxygen atoms in total. The number of halogens is 2. The summed E-state index contributed by atoms with van der Waals surface area (Å²) in [4.78, 5) is 8.13. The first-order valence-corrected chi connectivity index (χ1v) is 11.7. The van der Waals surface area contributed by atoms with Crippen molar-refractivity contribution in [3.63, 3.8) is 0 Å². The van der Waals surface area contributed by atoms with Crippen molar-refractivity contribution >= 4 is 26.7 Å². The van der Waals surface area contributed by atoms with Crippen LogP contribution in [0.3, 0.4) is 0 Å². The number of hydrogen-bond donors (Lipinski definition) is 2. The van der Waals surface area contributed by atoms with E-state index in [-0.39, 0.29) is 4.90 Å². The summed E-state index contributed by atoms with van der Waals surface area (Å²) in [5.41, 5.74) is 1.35. The highest BCUT2D eigenvalue weighted by atomic mass is 32.2. The lowest BCUT2D eigenvalue weighted by Gasteiger charge is -2.10. The van der Waals surface area contributed by atoms with Gasteiger partial charge in [-0.25, -0.2) is 22.2 Å². The Bertz CT molecular complexity index is 1710. The highest BCUT2D eigenvalue weighted by Gasteiger charge is 2.20. The predicted molar refractivity (Wildman–Crippen MR) is 127 cm³/mol. The Morgan fingerprint density at radius 1 is 0.886 bits per heavy atom. The van der Waals surface area contributed by atoms with Crippen molar-refractivity contribution in [2.75, 3.05) is 4.72 Å². The number of rotatable bonds is 4. The molecule has 0 radical (unpaired) electrons. The van der Waals surface area contributed by atoms with Crippen LogP contribution in [0.4, 0.5) is 14.5 Å². The van der Waals surface area contributed by atoms with Crippen LogP contribution in [0.15, 0.2) is 84.1 Å². The molecule has 0 unspecified atom stereocenters. The third-order valence-electron chi connectivity index (χ3n) is 5.07. The molecule has 35 heavy (non-hydrogen) atoms. The van der Waals surface area contributed by atoms with E-state index in [1.807, 2.05) is 30.3 Å². The number of nitrogens with zero attached hydrogens (tertiary/aromatic N) is 3. The SMILES string of the molecule is O=S(=O)(Nc1ccc(F)c(C#Cc2cnc3[nH]ncc3c2)c1F)c1ccc(-c2ccccc2)nc1. The highest BCUT2D eigenvalue weighted by Crippen LogP contribution is 2.25. The van der Waals surface area contributed by atoms with Crippen molar-refractivity contribution in [1.82, 2.24) is 20.2 Å². The van der Waals surface area contributed by atoms with E-state index in [0.29, 0.717) is 22.3 Å². The quantitative estimate of drug-likeness (QED) is 0.364. The molecule has 3 heterocycles. The lowest BCUT2D eigenvalue weighted by molar-refractivity contribution is 0.578. The Morgan fingerprint density at radius 3 is 2.49 bits per heavy atom. The molecule has 0 aliphatic carbocycles. The van der Waals surface area contributed by atoms with Crippen LogP contribution in [0.5, 0.6) is 0 Å². The predicted octanol–water partition coefficient (Wildman–Crippen LogP) is 4.50. The van der Waals surface area contributed by atoms with Crippen LogP contribution in [0.25, 0.3) is 22.3 Å². The van der Waals surface area contributed by atoms with Gasteiger partial charge in [0.05, 0.1) is 23.1 Å². The minimum atomic E-state index is -4.19. The zero-order valence-electron chi connectivity index (χ0n) is 17.8. The van der Waals surface area contributed by atoms with E-state index in [0.717, 1.165) is 17.7 Å². The molecular weight excluding hydrogens is 472 g/mol. The summed E-state index contributed by atoms with van der Waals surface area (Å²) < 4.78 is 57.2. The zero-order valence-corrected chi connectivity index (χ0v) is 18.6. The van der Waals surface area contributed by atoms with E-state index in [2.05, 4.69) is 36.7 Å². The Kier molecular flexibility index (Phi) is 5.68. The number of hydrogen-bond acceptors (Lipinski definition) is 5. The Hall–Kier alpha value is -4.62. The average molecular weight is 487 g/mol. The van der Waals surface area contributed by atoms with Crippen molar-refractivity contribution in [2.45, 2.75) is 4.90 Å². The molecular formula is C25H15F2N5O2S. The largest absolute Gasteiger partial charge is 0.277 e. The van der Waals surface area contributed by atoms with Gasteiger partial charge >= 0.3 is 0 Å². The van der Waals surface area contributed by atoms with Crippen LogP contribution >= 0.6 is 0 Å². The third kappa shape index (κ3) is 4.58. The molecule has 0 saturated carbocycles. The second-order valence-electron chi connectivity index (χ2n) is 7.42. The van der Waals surface area contributed by atoms with Gasteiger partial charge in [-0.15, -0.1) is 0 Å². The van der Waals surface area contributed by atoms with Gasteiger partial charge in [-0.1, -0.05) is 42.2 Å². The number of aromatic nitrogens is 4. The number of aromatic amines is 1. The molecule has 0 fully saturated rings. The maximum absolute atomic E-state index is 15.1. The summed E-state index contributed by atoms with van der Waals surface area (Å²) in [6.45, 7) is 0. The molecule has 3 aromatic heterocycles. The van der Waals surface area contributed by atoms with Gasteiger partial charge in [-0.3, -0.25) is 14.8 Å². The highest BCUT2D eigenvalue weighted by molar-refractivity contribution is 7.92. The molecule has 0 amide bonds. The van der Waals surface area contributed by atoms with Crippen molar-refractivity contribution in [3.05, 3.63) is 102 Å². The summed E-state index contributed by atoms with van der Waals surface area (Å²) in [5, 5.41) is 7.23. The van der Waals surface area contributed by atoms with Gasteiger partial charge in [0.25, 0.3) is 10.0 Å². The summed E-state index contributed by atoms with van der Waals surface area (Å²) in [5.74, 6) is 3.02. The smallest absolute Gasteiger partial charge is 0.263 e. The van der Waals surface area contributed by atoms with Gasteiger partial charge in [0.2, 0.25) is 0 Å². The fourth-order valence-corrected chi connectivity index (χ4v) is 4.31. The van der Waals surface area contributed by atoms with Gasteiger partial charge in [-0.2, -0.15) is 5.10 Å². The van der Waals surface area contributed by atoms with Gasteiger partial charge in [0, 0.05) is 28.9 Å². The molecule has 172 valence electrons. The number of fused-ring (bicyclic) bond motifs is 1. The molecule has 0 aliphatic rings. The molecule has 2 aromatic carbocycles. The van der Waals surface area contributed by atoms with Crippen molar-refractivity contribution in [1.29, 1.82) is 0 Å². The first-order chi connectivity index (χ1) is 16.9. The molecule has 0 bridgehead atoms. The van der Waals surface area contributed by atoms with E-state index in [1.54, 1.807) is 18.3 Å². The van der Waals surface area contributed by atoms with Crippen molar-refractivity contribution in [2.24, 2.45) is 0 Å². The Labute approximate surface area is 198 Å². The normalized spacial score (nSPS) is 11.1. The number of benzene rings is 2. The standard InChI is InChI=1S/C25H15F2N5O2S/c26-21-9-11-23(24(27)20(21)8-6-16-12-18-14-30-31-25(18)29-13-16)32-35(33,34)19-7-10-22(28-15-19)17-4-2-1-3-5-17/h1-5,7,9-15,32H,(H,29,30,31). The van der Waals surface area contributed by atoms with E-state index >= 15 is 4.39 Å². The summed E-state index contributed by atoms with van der Waals surface area (Å²) in [6, 6.07) is 15.7. The van der Waals surface area contributed by atoms with E-state index < -0.39 is 32.9 Å². The van der Waals surface area contributed by atoms with Gasteiger partial charge in [0.1, 0.15) is 10.7 Å². The first-order valence-electron chi connectivity index (χ1n) is 10.2. The fourth-order valence-electron chi connectivity index (χ4n) is 3.31. The third-order valence-corrected chi connectivity index (χ3v) is 6.43. The molecule has 2 N–H and O–H groups in total. The number of pyridine rings is 2. The van der Waals surface area contributed by atoms with E-state index in [9.17, 15) is 12.8 Å². The number of H-pyrrole nitrogens is 1. The first kappa shape index (κ1) is 22.2. The number of anilines is 1. The van der Waals surface area contributed by atoms with Crippen molar-refractivity contribution in [3.8, 4) is 23.1 Å².